The Kier molecular flexibility index (Phi) is 3.62. The summed E-state index contributed by atoms with van der Waals surface area (Å²) < 4.78 is 13.3. The average Bonchev–Trinajstić information content (AvgIpc) is 2.87. The molecular formula is C15H20FNS. The largest absolute Gasteiger partial charge is 0.303 e. The molecule has 2 heterocycles. The molecule has 98 valence electrons. The van der Waals surface area contributed by atoms with E-state index >= 15 is 0 Å². The first kappa shape index (κ1) is 12.5. The number of halogens is 1. The molecule has 0 radical (unpaired) electrons. The molecule has 3 rings (SSSR count). The highest BCUT2D eigenvalue weighted by atomic mass is 32.2. The zero-order valence-electron chi connectivity index (χ0n) is 10.8. The van der Waals surface area contributed by atoms with Crippen LogP contribution >= 0.6 is 11.8 Å². The van der Waals surface area contributed by atoms with Crippen LogP contribution in [0.15, 0.2) is 35.0 Å². The summed E-state index contributed by atoms with van der Waals surface area (Å²) in [6.07, 6.45) is 11.2. The van der Waals surface area contributed by atoms with Crippen LogP contribution in [0.2, 0.25) is 0 Å². The molecular weight excluding hydrogens is 245 g/mol. The van der Waals surface area contributed by atoms with Crippen molar-refractivity contribution in [1.82, 2.24) is 4.90 Å². The van der Waals surface area contributed by atoms with Crippen molar-refractivity contribution in [3.05, 3.63) is 35.0 Å². The zero-order valence-corrected chi connectivity index (χ0v) is 11.6. The van der Waals surface area contributed by atoms with Gasteiger partial charge in [0.05, 0.1) is 0 Å². The summed E-state index contributed by atoms with van der Waals surface area (Å²) in [5.74, 6) is 2.21. The quantitative estimate of drug-likeness (QED) is 0.748. The van der Waals surface area contributed by atoms with Crippen LogP contribution < -0.4 is 0 Å². The molecule has 2 aliphatic heterocycles. The summed E-state index contributed by atoms with van der Waals surface area (Å²) >= 11 is 1.91. The third-order valence-corrected chi connectivity index (χ3v) is 5.75. The number of hydrogen-bond donors (Lipinski definition) is 0. The SMILES string of the molecule is CN1CCC[C@@H]1C[C@@H]1CSC2=CC=C(F)C=CC21. The van der Waals surface area contributed by atoms with Crippen LogP contribution in [0.5, 0.6) is 0 Å². The Morgan fingerprint density at radius 1 is 1.44 bits per heavy atom. The third-order valence-electron chi connectivity index (χ3n) is 4.42. The molecule has 2 fully saturated rings. The van der Waals surface area contributed by atoms with Gasteiger partial charge in [0.1, 0.15) is 5.83 Å². The highest BCUT2D eigenvalue weighted by Crippen LogP contribution is 2.45. The fraction of sp³-hybridized carbons (Fsp3) is 0.600. The van der Waals surface area contributed by atoms with Gasteiger partial charge in [-0.25, -0.2) is 4.39 Å². The lowest BCUT2D eigenvalue weighted by atomic mass is 9.87. The number of nitrogens with zero attached hydrogens (tertiary/aromatic N) is 1. The lowest BCUT2D eigenvalue weighted by Crippen LogP contribution is -2.28. The number of thioether (sulfide) groups is 1. The summed E-state index contributed by atoms with van der Waals surface area (Å²) in [4.78, 5) is 3.84. The second-order valence-corrected chi connectivity index (χ2v) is 6.68. The minimum Gasteiger partial charge on any atom is -0.303 e. The molecule has 0 bridgehead atoms. The fourth-order valence-corrected chi connectivity index (χ4v) is 4.68. The Labute approximate surface area is 113 Å². The molecule has 0 aromatic rings. The van der Waals surface area contributed by atoms with E-state index in [2.05, 4.69) is 18.0 Å². The lowest BCUT2D eigenvalue weighted by molar-refractivity contribution is 0.259. The summed E-state index contributed by atoms with van der Waals surface area (Å²) in [5, 5.41) is 0. The van der Waals surface area contributed by atoms with E-state index in [9.17, 15) is 4.39 Å². The van der Waals surface area contributed by atoms with Gasteiger partial charge in [0.25, 0.3) is 0 Å². The molecule has 0 amide bonds. The van der Waals surface area contributed by atoms with E-state index in [0.717, 1.165) is 6.04 Å². The van der Waals surface area contributed by atoms with Gasteiger partial charge in [-0.1, -0.05) is 6.08 Å². The first-order chi connectivity index (χ1) is 8.74. The van der Waals surface area contributed by atoms with Crippen molar-refractivity contribution in [1.29, 1.82) is 0 Å². The minimum absolute atomic E-state index is 0.116. The van der Waals surface area contributed by atoms with Crippen LogP contribution in [-0.2, 0) is 0 Å². The highest BCUT2D eigenvalue weighted by molar-refractivity contribution is 8.03. The molecule has 18 heavy (non-hydrogen) atoms. The Hall–Kier alpha value is -0.540. The van der Waals surface area contributed by atoms with Gasteiger partial charge in [0.15, 0.2) is 0 Å². The van der Waals surface area contributed by atoms with Gasteiger partial charge in [-0.05, 0) is 61.9 Å². The second-order valence-electron chi connectivity index (χ2n) is 5.59. The first-order valence-electron chi connectivity index (χ1n) is 6.82. The molecule has 1 unspecified atom stereocenters. The smallest absolute Gasteiger partial charge is 0.122 e. The topological polar surface area (TPSA) is 3.24 Å². The zero-order chi connectivity index (χ0) is 12.5. The maximum Gasteiger partial charge on any atom is 0.122 e. The van der Waals surface area contributed by atoms with Crippen molar-refractivity contribution in [3.8, 4) is 0 Å². The highest BCUT2D eigenvalue weighted by Gasteiger charge is 2.34. The van der Waals surface area contributed by atoms with E-state index in [1.54, 1.807) is 12.2 Å². The molecule has 1 aliphatic carbocycles. The number of hydrogen-bond acceptors (Lipinski definition) is 2. The van der Waals surface area contributed by atoms with Gasteiger partial charge in [-0.15, -0.1) is 11.8 Å². The van der Waals surface area contributed by atoms with E-state index in [1.807, 2.05) is 17.8 Å². The van der Waals surface area contributed by atoms with Gasteiger partial charge in [0.2, 0.25) is 0 Å². The van der Waals surface area contributed by atoms with Crippen molar-refractivity contribution in [2.75, 3.05) is 19.3 Å². The van der Waals surface area contributed by atoms with Gasteiger partial charge < -0.3 is 4.90 Å². The molecule has 3 heteroatoms. The predicted octanol–water partition coefficient (Wildman–Crippen LogP) is 3.76. The minimum atomic E-state index is -0.116. The maximum absolute atomic E-state index is 13.3. The summed E-state index contributed by atoms with van der Waals surface area (Å²) in [6, 6.07) is 0.740. The molecule has 0 saturated carbocycles. The maximum atomic E-state index is 13.3. The van der Waals surface area contributed by atoms with Gasteiger partial charge in [-0.3, -0.25) is 0 Å². The molecule has 2 saturated heterocycles. The summed E-state index contributed by atoms with van der Waals surface area (Å²) in [7, 11) is 2.24. The van der Waals surface area contributed by atoms with Crippen molar-refractivity contribution in [2.24, 2.45) is 11.8 Å². The molecule has 1 nitrogen and oxygen atoms in total. The molecule has 0 N–H and O–H groups in total. The monoisotopic (exact) mass is 265 g/mol. The average molecular weight is 265 g/mol. The summed E-state index contributed by atoms with van der Waals surface area (Å²) in [6.45, 7) is 1.24. The van der Waals surface area contributed by atoms with E-state index in [4.69, 9.17) is 0 Å². The number of fused-ring (bicyclic) bond motifs is 1. The van der Waals surface area contributed by atoms with E-state index in [0.29, 0.717) is 11.8 Å². The van der Waals surface area contributed by atoms with Crippen LogP contribution in [0.1, 0.15) is 19.3 Å². The lowest BCUT2D eigenvalue weighted by Gasteiger charge is -2.25. The van der Waals surface area contributed by atoms with Crippen molar-refractivity contribution < 1.29 is 4.39 Å². The van der Waals surface area contributed by atoms with Crippen LogP contribution in [-0.4, -0.2) is 30.3 Å². The Morgan fingerprint density at radius 3 is 3.11 bits per heavy atom. The number of rotatable bonds is 2. The van der Waals surface area contributed by atoms with Crippen LogP contribution in [0.3, 0.4) is 0 Å². The van der Waals surface area contributed by atoms with Crippen LogP contribution in [0, 0.1) is 11.8 Å². The van der Waals surface area contributed by atoms with E-state index in [1.165, 1.54) is 36.5 Å². The predicted molar refractivity (Wildman–Crippen MR) is 76.1 cm³/mol. The van der Waals surface area contributed by atoms with E-state index < -0.39 is 0 Å². The molecule has 0 aromatic carbocycles. The van der Waals surface area contributed by atoms with Crippen molar-refractivity contribution in [2.45, 2.75) is 25.3 Å². The normalized spacial score (nSPS) is 36.2. The standard InChI is InChI=1S/C15H20FNS/c1-17-8-2-3-13(17)9-11-10-18-15-7-5-12(16)4-6-14(11)15/h4-7,11,13-14H,2-3,8-10H2,1H3/t11-,13-,14?/m1/s1. The molecule has 3 aliphatic rings. The molecule has 0 spiro atoms. The van der Waals surface area contributed by atoms with Crippen molar-refractivity contribution in [3.63, 3.8) is 0 Å². The van der Waals surface area contributed by atoms with Gasteiger partial charge in [0, 0.05) is 17.7 Å². The number of allylic oxidation sites excluding steroid dienone is 6. The van der Waals surface area contributed by atoms with Gasteiger partial charge >= 0.3 is 0 Å². The fourth-order valence-electron chi connectivity index (χ4n) is 3.30. The summed E-state index contributed by atoms with van der Waals surface area (Å²) in [5.41, 5.74) is 0. The Morgan fingerprint density at radius 2 is 2.33 bits per heavy atom. The second kappa shape index (κ2) is 5.22. The molecule has 0 aromatic heterocycles. The Bertz CT molecular complexity index is 413. The first-order valence-corrected chi connectivity index (χ1v) is 7.81. The van der Waals surface area contributed by atoms with Crippen LogP contribution in [0.25, 0.3) is 0 Å². The van der Waals surface area contributed by atoms with Crippen molar-refractivity contribution >= 4 is 11.8 Å². The van der Waals surface area contributed by atoms with Crippen LogP contribution in [0.4, 0.5) is 4.39 Å². The number of likely N-dealkylation sites (tertiary alicyclic amines) is 1. The third kappa shape index (κ3) is 2.43. The molecule has 3 atom stereocenters. The van der Waals surface area contributed by atoms with Gasteiger partial charge in [-0.2, -0.15) is 0 Å². The van der Waals surface area contributed by atoms with E-state index in [-0.39, 0.29) is 5.83 Å². The Balaban J connectivity index is 1.70.